The van der Waals surface area contributed by atoms with Gasteiger partial charge in [-0.3, -0.25) is 9.59 Å². The van der Waals surface area contributed by atoms with E-state index in [1.165, 1.54) is 6.08 Å². The lowest BCUT2D eigenvalue weighted by molar-refractivity contribution is -0.143. The zero-order valence-corrected chi connectivity index (χ0v) is 15.9. The fourth-order valence-electron chi connectivity index (χ4n) is 3.57. The summed E-state index contributed by atoms with van der Waals surface area (Å²) >= 11 is 0. The Bertz CT molecular complexity index is 793. The standard InChI is InChI=1S/C20H21F6NO2/c1-4-17(2,3)18(6-5-15(28)10-18)16(29)27-11-12-7-13(19(21,22)23)9-14(8-12)20(24,25)26/h4,7-9H,1,5-6,10-11H2,2-3H3,(H,27,29). The molecule has 1 saturated carbocycles. The first kappa shape index (κ1) is 23.0. The quantitative estimate of drug-likeness (QED) is 0.519. The molecule has 1 aromatic carbocycles. The van der Waals surface area contributed by atoms with E-state index in [-0.39, 0.29) is 36.7 Å². The van der Waals surface area contributed by atoms with Gasteiger partial charge in [0.2, 0.25) is 5.91 Å². The Kier molecular flexibility index (Phi) is 5.94. The number of rotatable bonds is 5. The summed E-state index contributed by atoms with van der Waals surface area (Å²) in [5.74, 6) is -0.729. The summed E-state index contributed by atoms with van der Waals surface area (Å²) in [7, 11) is 0. The van der Waals surface area contributed by atoms with Gasteiger partial charge in [0.15, 0.2) is 0 Å². The van der Waals surface area contributed by atoms with Gasteiger partial charge in [-0.15, -0.1) is 6.58 Å². The number of nitrogens with one attached hydrogen (secondary N) is 1. The van der Waals surface area contributed by atoms with E-state index in [4.69, 9.17) is 0 Å². The summed E-state index contributed by atoms with van der Waals surface area (Å²) in [6.07, 6.45) is -8.07. The highest BCUT2D eigenvalue weighted by Crippen LogP contribution is 2.51. The lowest BCUT2D eigenvalue weighted by atomic mass is 9.63. The summed E-state index contributed by atoms with van der Waals surface area (Å²) in [6, 6.07) is 1.17. The van der Waals surface area contributed by atoms with Gasteiger partial charge in [-0.25, -0.2) is 0 Å². The predicted octanol–water partition coefficient (Wildman–Crippen LogP) is 5.29. The molecule has 9 heteroatoms. The summed E-state index contributed by atoms with van der Waals surface area (Å²) in [5.41, 5.74) is -5.19. The van der Waals surface area contributed by atoms with Crippen molar-refractivity contribution in [3.8, 4) is 0 Å². The summed E-state index contributed by atoms with van der Waals surface area (Å²) in [4.78, 5) is 24.7. The maximum atomic E-state index is 13.0. The number of carbonyl (C=O) groups is 2. The van der Waals surface area contributed by atoms with Crippen molar-refractivity contribution in [2.45, 2.75) is 52.0 Å². The van der Waals surface area contributed by atoms with Crippen molar-refractivity contribution in [1.29, 1.82) is 0 Å². The van der Waals surface area contributed by atoms with E-state index in [1.54, 1.807) is 13.8 Å². The lowest BCUT2D eigenvalue weighted by Gasteiger charge is -2.40. The van der Waals surface area contributed by atoms with Crippen molar-refractivity contribution in [2.75, 3.05) is 0 Å². The first-order valence-corrected chi connectivity index (χ1v) is 8.84. The Morgan fingerprint density at radius 3 is 2.00 bits per heavy atom. The fraction of sp³-hybridized carbons (Fsp3) is 0.500. The molecule has 3 nitrogen and oxygen atoms in total. The average molecular weight is 421 g/mol. The van der Waals surface area contributed by atoms with Crippen molar-refractivity contribution in [3.63, 3.8) is 0 Å². The third-order valence-corrected chi connectivity index (χ3v) is 5.61. The molecular weight excluding hydrogens is 400 g/mol. The van der Waals surface area contributed by atoms with Crippen LogP contribution >= 0.6 is 0 Å². The number of halogens is 6. The SMILES string of the molecule is C=CC(C)(C)C1(C(=O)NCc2cc(C(F)(F)F)cc(C(F)(F)F)c2)CCC(=O)C1. The van der Waals surface area contributed by atoms with E-state index in [9.17, 15) is 35.9 Å². The zero-order valence-electron chi connectivity index (χ0n) is 15.9. The molecule has 29 heavy (non-hydrogen) atoms. The Morgan fingerprint density at radius 2 is 1.62 bits per heavy atom. The summed E-state index contributed by atoms with van der Waals surface area (Å²) < 4.78 is 77.9. The number of hydrogen-bond acceptors (Lipinski definition) is 2. The molecule has 0 spiro atoms. The molecule has 0 heterocycles. The Morgan fingerprint density at radius 1 is 1.10 bits per heavy atom. The van der Waals surface area contributed by atoms with Crippen LogP contribution in [0.15, 0.2) is 30.9 Å². The highest BCUT2D eigenvalue weighted by molar-refractivity contribution is 5.94. The highest BCUT2D eigenvalue weighted by atomic mass is 19.4. The van der Waals surface area contributed by atoms with Crippen molar-refractivity contribution >= 4 is 11.7 Å². The van der Waals surface area contributed by atoms with Crippen LogP contribution in [0.25, 0.3) is 0 Å². The van der Waals surface area contributed by atoms with Gasteiger partial charge in [0, 0.05) is 19.4 Å². The number of hydrogen-bond donors (Lipinski definition) is 1. The van der Waals surface area contributed by atoms with Crippen LogP contribution in [0.3, 0.4) is 0 Å². The zero-order chi connectivity index (χ0) is 22.3. The molecule has 1 aliphatic carbocycles. The maximum absolute atomic E-state index is 13.0. The molecule has 1 aliphatic rings. The predicted molar refractivity (Wildman–Crippen MR) is 93.6 cm³/mol. The number of Topliss-reactive ketones (excluding diaryl/α,β-unsaturated/α-hetero) is 1. The highest BCUT2D eigenvalue weighted by Gasteiger charge is 2.53. The van der Waals surface area contributed by atoms with Crippen molar-refractivity contribution in [2.24, 2.45) is 10.8 Å². The van der Waals surface area contributed by atoms with Crippen LogP contribution in [-0.4, -0.2) is 11.7 Å². The molecule has 0 bridgehead atoms. The average Bonchev–Trinajstić information content (AvgIpc) is 3.01. The van der Waals surface area contributed by atoms with E-state index in [0.29, 0.717) is 12.1 Å². The molecule has 1 fully saturated rings. The van der Waals surface area contributed by atoms with E-state index in [2.05, 4.69) is 11.9 Å². The number of allylic oxidation sites excluding steroid dienone is 1. The van der Waals surface area contributed by atoms with Gasteiger partial charge >= 0.3 is 12.4 Å². The van der Waals surface area contributed by atoms with Gasteiger partial charge in [-0.05, 0) is 35.6 Å². The van der Waals surface area contributed by atoms with Crippen LogP contribution in [-0.2, 0) is 28.5 Å². The molecule has 2 rings (SSSR count). The molecule has 0 radical (unpaired) electrons. The second-order valence-corrected chi connectivity index (χ2v) is 7.82. The molecule has 1 atom stereocenters. The number of benzene rings is 1. The number of carbonyl (C=O) groups excluding carboxylic acids is 2. The molecule has 1 N–H and O–H groups in total. The van der Waals surface area contributed by atoms with Gasteiger partial charge in [-0.1, -0.05) is 19.9 Å². The smallest absolute Gasteiger partial charge is 0.352 e. The number of ketones is 1. The molecule has 0 aromatic heterocycles. The van der Waals surface area contributed by atoms with Crippen LogP contribution in [0.1, 0.15) is 49.8 Å². The first-order valence-electron chi connectivity index (χ1n) is 8.84. The van der Waals surface area contributed by atoms with Crippen LogP contribution in [0.5, 0.6) is 0 Å². The van der Waals surface area contributed by atoms with E-state index in [0.717, 1.165) is 0 Å². The molecule has 1 amide bonds. The van der Waals surface area contributed by atoms with Crippen LogP contribution in [0.4, 0.5) is 26.3 Å². The number of alkyl halides is 6. The van der Waals surface area contributed by atoms with Crippen molar-refractivity contribution in [3.05, 3.63) is 47.5 Å². The maximum Gasteiger partial charge on any atom is 0.416 e. The van der Waals surface area contributed by atoms with Gasteiger partial charge in [0.05, 0.1) is 16.5 Å². The third-order valence-electron chi connectivity index (χ3n) is 5.61. The molecular formula is C20H21F6NO2. The monoisotopic (exact) mass is 421 g/mol. The molecule has 0 saturated heterocycles. The third kappa shape index (κ3) is 4.64. The Balaban J connectivity index is 2.33. The summed E-state index contributed by atoms with van der Waals surface area (Å²) in [5, 5.41) is 2.43. The van der Waals surface area contributed by atoms with Gasteiger partial charge in [0.1, 0.15) is 5.78 Å². The van der Waals surface area contributed by atoms with Crippen LogP contribution in [0.2, 0.25) is 0 Å². The minimum absolute atomic E-state index is 0.0310. The van der Waals surface area contributed by atoms with Gasteiger partial charge < -0.3 is 5.32 Å². The second kappa shape index (κ2) is 7.50. The van der Waals surface area contributed by atoms with Crippen molar-refractivity contribution in [1.82, 2.24) is 5.32 Å². The molecule has 0 aliphatic heterocycles. The van der Waals surface area contributed by atoms with Crippen molar-refractivity contribution < 1.29 is 35.9 Å². The lowest BCUT2D eigenvalue weighted by Crippen LogP contribution is -2.48. The van der Waals surface area contributed by atoms with E-state index >= 15 is 0 Å². The largest absolute Gasteiger partial charge is 0.416 e. The van der Waals surface area contributed by atoms with E-state index in [1.807, 2.05) is 0 Å². The number of amides is 1. The fourth-order valence-corrected chi connectivity index (χ4v) is 3.57. The normalized spacial score (nSPS) is 20.6. The Hall–Kier alpha value is -2.32. The summed E-state index contributed by atoms with van der Waals surface area (Å²) in [6.45, 7) is 6.58. The van der Waals surface area contributed by atoms with E-state index < -0.39 is 46.8 Å². The minimum Gasteiger partial charge on any atom is -0.352 e. The first-order chi connectivity index (χ1) is 13.1. The van der Waals surface area contributed by atoms with Crippen LogP contribution < -0.4 is 5.32 Å². The van der Waals surface area contributed by atoms with Gasteiger partial charge in [-0.2, -0.15) is 26.3 Å². The Labute approximate surface area is 164 Å². The molecule has 160 valence electrons. The minimum atomic E-state index is -4.97. The van der Waals surface area contributed by atoms with Crippen LogP contribution in [0, 0.1) is 10.8 Å². The second-order valence-electron chi connectivity index (χ2n) is 7.82. The van der Waals surface area contributed by atoms with Gasteiger partial charge in [0.25, 0.3) is 0 Å². The molecule has 1 aromatic rings. The molecule has 1 unspecified atom stereocenters. The topological polar surface area (TPSA) is 46.2 Å².